The van der Waals surface area contributed by atoms with Crippen LogP contribution in [0.3, 0.4) is 0 Å². The zero-order valence-electron chi connectivity index (χ0n) is 16.4. The van der Waals surface area contributed by atoms with Gasteiger partial charge in [-0.2, -0.15) is 0 Å². The van der Waals surface area contributed by atoms with Crippen molar-refractivity contribution in [3.05, 3.63) is 54.9 Å². The molecule has 0 aliphatic heterocycles. The van der Waals surface area contributed by atoms with Crippen LogP contribution in [0.2, 0.25) is 0 Å². The normalized spacial score (nSPS) is 10.3. The van der Waals surface area contributed by atoms with E-state index in [0.29, 0.717) is 35.0 Å². The van der Waals surface area contributed by atoms with Crippen LogP contribution in [0.1, 0.15) is 10.4 Å². The largest absolute Gasteiger partial charge is 0.493 e. The van der Waals surface area contributed by atoms with Crippen molar-refractivity contribution in [1.29, 1.82) is 0 Å². The molecule has 0 radical (unpaired) electrons. The number of methoxy groups -OCH3 is 3. The summed E-state index contributed by atoms with van der Waals surface area (Å²) in [5.74, 6) is 1.23. The van der Waals surface area contributed by atoms with Crippen LogP contribution in [0.5, 0.6) is 17.2 Å². The summed E-state index contributed by atoms with van der Waals surface area (Å²) in [7, 11) is 4.64. The highest BCUT2D eigenvalue weighted by molar-refractivity contribution is 5.96. The van der Waals surface area contributed by atoms with Crippen LogP contribution in [0.25, 0.3) is 16.8 Å². The van der Waals surface area contributed by atoms with E-state index in [1.807, 2.05) is 12.1 Å². The van der Waals surface area contributed by atoms with Crippen LogP contribution < -0.4 is 19.5 Å². The molecule has 3 aromatic rings. The van der Waals surface area contributed by atoms with Crippen molar-refractivity contribution in [2.75, 3.05) is 27.9 Å². The number of rotatable bonds is 8. The smallest absolute Gasteiger partial charge is 0.251 e. The number of tetrazole rings is 1. The van der Waals surface area contributed by atoms with E-state index in [1.165, 1.54) is 18.1 Å². The molecule has 0 atom stereocenters. The lowest BCUT2D eigenvalue weighted by Crippen LogP contribution is -2.23. The van der Waals surface area contributed by atoms with Crippen molar-refractivity contribution in [3.63, 3.8) is 0 Å². The number of nitrogens with zero attached hydrogens (tertiary/aromatic N) is 4. The molecule has 9 nitrogen and oxygen atoms in total. The quantitative estimate of drug-likeness (QED) is 0.584. The second-order valence-corrected chi connectivity index (χ2v) is 5.90. The Balaban J connectivity index is 2.20. The lowest BCUT2D eigenvalue weighted by atomic mass is 9.99. The van der Waals surface area contributed by atoms with Crippen LogP contribution in [0, 0.1) is 0 Å². The van der Waals surface area contributed by atoms with Gasteiger partial charge in [0.15, 0.2) is 11.5 Å². The Bertz CT molecular complexity index is 1020. The van der Waals surface area contributed by atoms with E-state index in [9.17, 15) is 4.79 Å². The summed E-state index contributed by atoms with van der Waals surface area (Å²) in [5.41, 5.74) is 2.50. The lowest BCUT2D eigenvalue weighted by Gasteiger charge is -2.17. The molecule has 3 rings (SSSR count). The van der Waals surface area contributed by atoms with E-state index in [0.717, 1.165) is 11.1 Å². The number of benzene rings is 2. The SMILES string of the molecule is C=CCNC(=O)c1cc(-c2ccc(OC)c(OC)c2OC)cc(-n2cnnn2)c1. The third-order valence-corrected chi connectivity index (χ3v) is 4.22. The highest BCUT2D eigenvalue weighted by Gasteiger charge is 2.19. The summed E-state index contributed by atoms with van der Waals surface area (Å²) in [4.78, 5) is 12.6. The Kier molecular flexibility index (Phi) is 6.08. The highest BCUT2D eigenvalue weighted by Crippen LogP contribution is 2.44. The number of amides is 1. The monoisotopic (exact) mass is 395 g/mol. The summed E-state index contributed by atoms with van der Waals surface area (Å²) in [6.07, 6.45) is 3.07. The van der Waals surface area contributed by atoms with Gasteiger partial charge >= 0.3 is 0 Å². The summed E-state index contributed by atoms with van der Waals surface area (Å²) < 4.78 is 17.9. The van der Waals surface area contributed by atoms with Crippen LogP contribution in [-0.4, -0.2) is 54.0 Å². The Morgan fingerprint density at radius 3 is 2.55 bits per heavy atom. The first-order chi connectivity index (χ1) is 14.1. The average Bonchev–Trinajstić information content (AvgIpc) is 3.30. The fourth-order valence-electron chi connectivity index (χ4n) is 2.91. The minimum absolute atomic E-state index is 0.250. The van der Waals surface area contributed by atoms with Gasteiger partial charge in [-0.15, -0.1) is 11.7 Å². The number of aromatic nitrogens is 4. The molecule has 0 saturated carbocycles. The maximum Gasteiger partial charge on any atom is 0.251 e. The van der Waals surface area contributed by atoms with E-state index >= 15 is 0 Å². The van der Waals surface area contributed by atoms with Crippen molar-refractivity contribution in [2.24, 2.45) is 0 Å². The Morgan fingerprint density at radius 1 is 1.14 bits per heavy atom. The first-order valence-electron chi connectivity index (χ1n) is 8.69. The molecule has 1 heterocycles. The maximum absolute atomic E-state index is 12.6. The fraction of sp³-hybridized carbons (Fsp3) is 0.200. The predicted molar refractivity (Wildman–Crippen MR) is 107 cm³/mol. The van der Waals surface area contributed by atoms with Crippen LogP contribution in [-0.2, 0) is 0 Å². The molecule has 0 aliphatic carbocycles. The first kappa shape index (κ1) is 19.9. The van der Waals surface area contributed by atoms with E-state index in [-0.39, 0.29) is 5.91 Å². The van der Waals surface area contributed by atoms with Crippen molar-refractivity contribution in [2.45, 2.75) is 0 Å². The van der Waals surface area contributed by atoms with Crippen molar-refractivity contribution in [3.8, 4) is 34.1 Å². The van der Waals surface area contributed by atoms with Gasteiger partial charge in [0.2, 0.25) is 5.75 Å². The topological polar surface area (TPSA) is 100 Å². The van der Waals surface area contributed by atoms with Crippen LogP contribution >= 0.6 is 0 Å². The summed E-state index contributed by atoms with van der Waals surface area (Å²) in [6, 6.07) is 8.92. The maximum atomic E-state index is 12.6. The molecule has 29 heavy (non-hydrogen) atoms. The van der Waals surface area contributed by atoms with Gasteiger partial charge in [-0.1, -0.05) is 6.08 Å². The molecule has 0 unspecified atom stereocenters. The van der Waals surface area contributed by atoms with Gasteiger partial charge < -0.3 is 19.5 Å². The average molecular weight is 395 g/mol. The molecule has 1 aromatic heterocycles. The molecule has 0 bridgehead atoms. The number of hydrogen-bond donors (Lipinski definition) is 1. The molecule has 0 spiro atoms. The van der Waals surface area contributed by atoms with Crippen LogP contribution in [0.4, 0.5) is 0 Å². The molecule has 0 aliphatic rings. The van der Waals surface area contributed by atoms with Crippen molar-refractivity contribution >= 4 is 5.91 Å². The second kappa shape index (κ2) is 8.87. The first-order valence-corrected chi connectivity index (χ1v) is 8.69. The summed E-state index contributed by atoms with van der Waals surface area (Å²) >= 11 is 0. The molecular formula is C20H21N5O4. The highest BCUT2D eigenvalue weighted by atomic mass is 16.5. The van der Waals surface area contributed by atoms with E-state index in [1.54, 1.807) is 38.5 Å². The Hall–Kier alpha value is -3.88. The number of carbonyl (C=O) groups excluding carboxylic acids is 1. The lowest BCUT2D eigenvalue weighted by molar-refractivity contribution is 0.0958. The standard InChI is InChI=1S/C20H21N5O4/c1-5-8-21-20(26)14-9-13(10-15(11-14)25-12-22-23-24-25)16-6-7-17(27-2)19(29-4)18(16)28-3/h5-7,9-12H,1,8H2,2-4H3,(H,21,26). The molecule has 2 aromatic carbocycles. The predicted octanol–water partition coefficient (Wildman–Crippen LogP) is 2.27. The van der Waals surface area contributed by atoms with E-state index < -0.39 is 0 Å². The number of ether oxygens (including phenoxy) is 3. The summed E-state index contributed by atoms with van der Waals surface area (Å²) in [6.45, 7) is 3.97. The van der Waals surface area contributed by atoms with Gasteiger partial charge in [0.05, 0.1) is 27.0 Å². The third-order valence-electron chi connectivity index (χ3n) is 4.22. The van der Waals surface area contributed by atoms with Crippen molar-refractivity contribution in [1.82, 2.24) is 25.5 Å². The zero-order valence-corrected chi connectivity index (χ0v) is 16.4. The molecule has 150 valence electrons. The number of carbonyl (C=O) groups is 1. The summed E-state index contributed by atoms with van der Waals surface area (Å²) in [5, 5.41) is 14.0. The molecule has 9 heteroatoms. The van der Waals surface area contributed by atoms with Gasteiger partial charge in [0.1, 0.15) is 6.33 Å². The molecule has 1 N–H and O–H groups in total. The molecule has 1 amide bonds. The fourth-order valence-corrected chi connectivity index (χ4v) is 2.91. The molecular weight excluding hydrogens is 374 g/mol. The minimum atomic E-state index is -0.250. The van der Waals surface area contributed by atoms with Gasteiger partial charge in [0, 0.05) is 17.7 Å². The van der Waals surface area contributed by atoms with Gasteiger partial charge in [-0.05, 0) is 46.3 Å². The van der Waals surface area contributed by atoms with Gasteiger partial charge in [0.25, 0.3) is 5.91 Å². The third kappa shape index (κ3) is 4.03. The van der Waals surface area contributed by atoms with E-state index in [4.69, 9.17) is 14.2 Å². The van der Waals surface area contributed by atoms with Crippen LogP contribution in [0.15, 0.2) is 49.3 Å². The zero-order chi connectivity index (χ0) is 20.8. The van der Waals surface area contributed by atoms with E-state index in [2.05, 4.69) is 27.4 Å². The van der Waals surface area contributed by atoms with Gasteiger partial charge in [-0.3, -0.25) is 4.79 Å². The Morgan fingerprint density at radius 2 is 1.93 bits per heavy atom. The molecule has 0 saturated heterocycles. The number of hydrogen-bond acceptors (Lipinski definition) is 7. The van der Waals surface area contributed by atoms with Gasteiger partial charge in [-0.25, -0.2) is 4.68 Å². The minimum Gasteiger partial charge on any atom is -0.493 e. The number of nitrogens with one attached hydrogen (secondary N) is 1. The second-order valence-electron chi connectivity index (χ2n) is 5.90. The van der Waals surface area contributed by atoms with Crippen molar-refractivity contribution < 1.29 is 19.0 Å². The Labute approximate surface area is 167 Å². The molecule has 0 fully saturated rings.